The normalized spacial score (nSPS) is 15.4. The smallest absolute Gasteiger partial charge is 0.0108 e. The van der Waals surface area contributed by atoms with Gasteiger partial charge in [-0.05, 0) is 55.6 Å². The van der Waals surface area contributed by atoms with E-state index in [1.165, 1.54) is 54.3 Å². The molecule has 0 N–H and O–H groups in total. The zero-order valence-corrected chi connectivity index (χ0v) is 13.3. The van der Waals surface area contributed by atoms with Crippen molar-refractivity contribution in [3.05, 3.63) is 65.7 Å². The average Bonchev–Trinajstić information content (AvgIpc) is 3.03. The van der Waals surface area contributed by atoms with Crippen molar-refractivity contribution in [2.75, 3.05) is 25.4 Å². The highest BCUT2D eigenvalue weighted by Crippen LogP contribution is 2.20. The van der Waals surface area contributed by atoms with Crippen molar-refractivity contribution < 1.29 is 0 Å². The highest BCUT2D eigenvalue weighted by molar-refractivity contribution is 7.99. The number of likely N-dealkylation sites (tertiary alicyclic amines) is 1. The van der Waals surface area contributed by atoms with Crippen LogP contribution in [0.1, 0.15) is 24.0 Å². The van der Waals surface area contributed by atoms with Gasteiger partial charge in [0.05, 0.1) is 0 Å². The van der Waals surface area contributed by atoms with E-state index >= 15 is 0 Å². The van der Waals surface area contributed by atoms with Gasteiger partial charge in [-0.2, -0.15) is 0 Å². The molecule has 2 heteroatoms. The molecule has 3 rings (SSSR count). The maximum absolute atomic E-state index is 2.58. The molecule has 0 saturated carbocycles. The van der Waals surface area contributed by atoms with Crippen LogP contribution >= 0.6 is 11.8 Å². The van der Waals surface area contributed by atoms with E-state index < -0.39 is 0 Å². The Bertz CT molecular complexity index is 529. The van der Waals surface area contributed by atoms with E-state index in [9.17, 15) is 0 Å². The summed E-state index contributed by atoms with van der Waals surface area (Å²) in [6.07, 6.45) is 3.80. The van der Waals surface area contributed by atoms with Gasteiger partial charge in [0.25, 0.3) is 0 Å². The topological polar surface area (TPSA) is 3.24 Å². The van der Waals surface area contributed by atoms with Crippen LogP contribution in [0.5, 0.6) is 0 Å². The maximum Gasteiger partial charge on any atom is 0.0108 e. The van der Waals surface area contributed by atoms with Crippen molar-refractivity contribution in [2.24, 2.45) is 0 Å². The van der Waals surface area contributed by atoms with Crippen LogP contribution in [0.25, 0.3) is 0 Å². The SMILES string of the molecule is c1ccc(Cc2ccc(SCCN3CCCC3)cc2)cc1. The fourth-order valence-electron chi connectivity index (χ4n) is 2.83. The molecule has 0 unspecified atom stereocenters. The average molecular weight is 297 g/mol. The van der Waals surface area contributed by atoms with E-state index in [2.05, 4.69) is 59.5 Å². The molecule has 1 heterocycles. The molecule has 1 aliphatic rings. The summed E-state index contributed by atoms with van der Waals surface area (Å²) < 4.78 is 0. The van der Waals surface area contributed by atoms with Gasteiger partial charge in [-0.1, -0.05) is 42.5 Å². The summed E-state index contributed by atoms with van der Waals surface area (Å²) in [4.78, 5) is 3.97. The summed E-state index contributed by atoms with van der Waals surface area (Å²) in [5.74, 6) is 1.21. The number of rotatable bonds is 6. The molecule has 1 nitrogen and oxygen atoms in total. The monoisotopic (exact) mass is 297 g/mol. The molecular weight excluding hydrogens is 274 g/mol. The van der Waals surface area contributed by atoms with Gasteiger partial charge in [-0.15, -0.1) is 11.8 Å². The van der Waals surface area contributed by atoms with Crippen molar-refractivity contribution in [2.45, 2.75) is 24.2 Å². The molecule has 1 fully saturated rings. The van der Waals surface area contributed by atoms with E-state index in [0.29, 0.717) is 0 Å². The minimum Gasteiger partial charge on any atom is -0.303 e. The lowest BCUT2D eigenvalue weighted by molar-refractivity contribution is 0.362. The Balaban J connectivity index is 1.47. The number of nitrogens with zero attached hydrogens (tertiary/aromatic N) is 1. The molecular formula is C19H23NS. The van der Waals surface area contributed by atoms with Crippen molar-refractivity contribution in [3.8, 4) is 0 Å². The van der Waals surface area contributed by atoms with Gasteiger partial charge in [0.15, 0.2) is 0 Å². The van der Waals surface area contributed by atoms with Crippen LogP contribution in [0.15, 0.2) is 59.5 Å². The first-order valence-electron chi connectivity index (χ1n) is 7.88. The van der Waals surface area contributed by atoms with E-state index in [4.69, 9.17) is 0 Å². The zero-order chi connectivity index (χ0) is 14.3. The van der Waals surface area contributed by atoms with Gasteiger partial charge in [0, 0.05) is 17.2 Å². The molecule has 21 heavy (non-hydrogen) atoms. The van der Waals surface area contributed by atoms with Crippen LogP contribution in [-0.4, -0.2) is 30.3 Å². The van der Waals surface area contributed by atoms with E-state index in [-0.39, 0.29) is 0 Å². The van der Waals surface area contributed by atoms with Crippen LogP contribution in [0.4, 0.5) is 0 Å². The van der Waals surface area contributed by atoms with Crippen LogP contribution < -0.4 is 0 Å². The lowest BCUT2D eigenvalue weighted by Gasteiger charge is -2.13. The van der Waals surface area contributed by atoms with E-state index in [0.717, 1.165) is 6.42 Å². The first-order chi connectivity index (χ1) is 10.4. The largest absolute Gasteiger partial charge is 0.303 e. The van der Waals surface area contributed by atoms with Gasteiger partial charge in [0.1, 0.15) is 0 Å². The van der Waals surface area contributed by atoms with Gasteiger partial charge >= 0.3 is 0 Å². The van der Waals surface area contributed by atoms with Gasteiger partial charge in [-0.25, -0.2) is 0 Å². The molecule has 1 aliphatic heterocycles. The van der Waals surface area contributed by atoms with Gasteiger partial charge < -0.3 is 4.90 Å². The summed E-state index contributed by atoms with van der Waals surface area (Å²) in [5.41, 5.74) is 2.78. The third kappa shape index (κ3) is 4.62. The predicted molar refractivity (Wildman–Crippen MR) is 92.1 cm³/mol. The second-order valence-electron chi connectivity index (χ2n) is 5.70. The highest BCUT2D eigenvalue weighted by Gasteiger charge is 2.10. The predicted octanol–water partition coefficient (Wildman–Crippen LogP) is 4.47. The van der Waals surface area contributed by atoms with E-state index in [1.54, 1.807) is 0 Å². The number of thioether (sulfide) groups is 1. The summed E-state index contributed by atoms with van der Waals surface area (Å²) >= 11 is 1.98. The standard InChI is InChI=1S/C19H23NS/c1-2-6-17(7-3-1)16-18-8-10-19(11-9-18)21-15-14-20-12-4-5-13-20/h1-3,6-11H,4-5,12-16H2. The maximum atomic E-state index is 2.58. The fourth-order valence-corrected chi connectivity index (χ4v) is 3.75. The second-order valence-corrected chi connectivity index (χ2v) is 6.87. The molecule has 0 aromatic heterocycles. The van der Waals surface area contributed by atoms with Crippen LogP contribution in [0.2, 0.25) is 0 Å². The van der Waals surface area contributed by atoms with Crippen LogP contribution in [-0.2, 0) is 6.42 Å². The number of benzene rings is 2. The molecule has 2 aromatic rings. The summed E-state index contributed by atoms with van der Waals surface area (Å²) in [7, 11) is 0. The lowest BCUT2D eigenvalue weighted by atomic mass is 10.1. The Kier molecular flexibility index (Phi) is 5.36. The zero-order valence-electron chi connectivity index (χ0n) is 12.5. The Hall–Kier alpha value is -1.25. The van der Waals surface area contributed by atoms with Crippen LogP contribution in [0, 0.1) is 0 Å². The van der Waals surface area contributed by atoms with Crippen molar-refractivity contribution >= 4 is 11.8 Å². The molecule has 1 saturated heterocycles. The van der Waals surface area contributed by atoms with Crippen LogP contribution in [0.3, 0.4) is 0 Å². The molecule has 0 aliphatic carbocycles. The summed E-state index contributed by atoms with van der Waals surface area (Å²) in [6.45, 7) is 3.84. The number of hydrogen-bond donors (Lipinski definition) is 0. The molecule has 0 radical (unpaired) electrons. The fraction of sp³-hybridized carbons (Fsp3) is 0.368. The summed E-state index contributed by atoms with van der Waals surface area (Å²) in [6, 6.07) is 19.8. The minimum absolute atomic E-state index is 1.03. The first-order valence-corrected chi connectivity index (χ1v) is 8.87. The Morgan fingerprint density at radius 2 is 1.48 bits per heavy atom. The van der Waals surface area contributed by atoms with Crippen molar-refractivity contribution in [3.63, 3.8) is 0 Å². The number of hydrogen-bond acceptors (Lipinski definition) is 2. The van der Waals surface area contributed by atoms with Crippen molar-refractivity contribution in [1.82, 2.24) is 4.90 Å². The molecule has 0 atom stereocenters. The highest BCUT2D eigenvalue weighted by atomic mass is 32.2. The van der Waals surface area contributed by atoms with E-state index in [1.807, 2.05) is 11.8 Å². The molecule has 0 bridgehead atoms. The van der Waals surface area contributed by atoms with Crippen molar-refractivity contribution in [1.29, 1.82) is 0 Å². The Labute approximate surface area is 132 Å². The summed E-state index contributed by atoms with van der Waals surface area (Å²) in [5, 5.41) is 0. The lowest BCUT2D eigenvalue weighted by Crippen LogP contribution is -2.21. The quantitative estimate of drug-likeness (QED) is 0.724. The van der Waals surface area contributed by atoms with Gasteiger partial charge in [0.2, 0.25) is 0 Å². The third-order valence-electron chi connectivity index (χ3n) is 4.05. The molecule has 2 aromatic carbocycles. The minimum atomic E-state index is 1.03. The molecule has 0 spiro atoms. The first kappa shape index (κ1) is 14.7. The molecule has 0 amide bonds. The Morgan fingerprint density at radius 1 is 0.810 bits per heavy atom. The second kappa shape index (κ2) is 7.67. The van der Waals surface area contributed by atoms with Gasteiger partial charge in [-0.3, -0.25) is 0 Å². The molecule has 110 valence electrons. The Morgan fingerprint density at radius 3 is 2.19 bits per heavy atom. The third-order valence-corrected chi connectivity index (χ3v) is 5.04.